The van der Waals surface area contributed by atoms with Crippen molar-refractivity contribution in [2.45, 2.75) is 0 Å². The van der Waals surface area contributed by atoms with E-state index >= 15 is 0 Å². The highest BCUT2D eigenvalue weighted by molar-refractivity contribution is 6.30. The lowest BCUT2D eigenvalue weighted by atomic mass is 10.0. The minimum Gasteiger partial charge on any atom is -0.307 e. The summed E-state index contributed by atoms with van der Waals surface area (Å²) in [5.41, 5.74) is 4.61. The molecule has 4 heteroatoms. The van der Waals surface area contributed by atoms with Crippen LogP contribution >= 0.6 is 11.6 Å². The molecule has 0 spiro atoms. The van der Waals surface area contributed by atoms with Crippen molar-refractivity contribution >= 4 is 38.9 Å². The van der Waals surface area contributed by atoms with Gasteiger partial charge in [-0.1, -0.05) is 60.1 Å². The maximum absolute atomic E-state index is 12.8. The summed E-state index contributed by atoms with van der Waals surface area (Å²) in [6, 6.07) is 23.6. The lowest BCUT2D eigenvalue weighted by Gasteiger charge is -2.05. The van der Waals surface area contributed by atoms with E-state index < -0.39 is 0 Å². The summed E-state index contributed by atoms with van der Waals surface area (Å²) in [7, 11) is 0. The fourth-order valence-electron chi connectivity index (χ4n) is 3.58. The number of hydrogen-bond acceptors (Lipinski definition) is 1. The van der Waals surface area contributed by atoms with Gasteiger partial charge in [-0.25, -0.2) is 4.79 Å². The second-order valence-corrected chi connectivity index (χ2v) is 6.50. The first-order valence-corrected chi connectivity index (χ1v) is 8.42. The molecule has 5 rings (SSSR count). The minimum absolute atomic E-state index is 0.134. The van der Waals surface area contributed by atoms with Gasteiger partial charge in [-0.2, -0.15) is 0 Å². The number of rotatable bonds is 1. The third-order valence-corrected chi connectivity index (χ3v) is 4.89. The average Bonchev–Trinajstić information content (AvgIpc) is 2.99. The topological polar surface area (TPSA) is 37.3 Å². The second-order valence-electron chi connectivity index (χ2n) is 6.06. The van der Waals surface area contributed by atoms with Crippen LogP contribution in [0.1, 0.15) is 0 Å². The van der Waals surface area contributed by atoms with Crippen LogP contribution < -0.4 is 5.69 Å². The van der Waals surface area contributed by atoms with Crippen molar-refractivity contribution in [3.8, 4) is 11.1 Å². The van der Waals surface area contributed by atoms with Gasteiger partial charge in [-0.05, 0) is 29.8 Å². The summed E-state index contributed by atoms with van der Waals surface area (Å²) in [6.07, 6.45) is 0. The van der Waals surface area contributed by atoms with Crippen molar-refractivity contribution in [2.75, 3.05) is 0 Å². The zero-order valence-electron chi connectivity index (χ0n) is 13.2. The average molecular weight is 345 g/mol. The molecule has 0 aliphatic rings. The third kappa shape index (κ3) is 2.03. The van der Waals surface area contributed by atoms with Gasteiger partial charge in [-0.15, -0.1) is 0 Å². The number of H-pyrrole nitrogens is 1. The summed E-state index contributed by atoms with van der Waals surface area (Å²) in [6.45, 7) is 0. The molecule has 120 valence electrons. The number of aromatic nitrogens is 2. The van der Waals surface area contributed by atoms with Crippen LogP contribution in [0.2, 0.25) is 5.02 Å². The summed E-state index contributed by atoms with van der Waals surface area (Å²) in [5, 5.41) is 2.76. The molecule has 1 N–H and O–H groups in total. The van der Waals surface area contributed by atoms with Crippen LogP contribution in [-0.4, -0.2) is 9.38 Å². The molecule has 0 aliphatic heterocycles. The summed E-state index contributed by atoms with van der Waals surface area (Å²) < 4.78 is 1.77. The Morgan fingerprint density at radius 1 is 0.800 bits per heavy atom. The lowest BCUT2D eigenvalue weighted by Crippen LogP contribution is -2.15. The van der Waals surface area contributed by atoms with E-state index in [0.717, 1.165) is 38.4 Å². The molecule has 5 aromatic rings. The van der Waals surface area contributed by atoms with Crippen molar-refractivity contribution in [2.24, 2.45) is 0 Å². The molecule has 0 aliphatic carbocycles. The molecule has 0 atom stereocenters. The summed E-state index contributed by atoms with van der Waals surface area (Å²) >= 11 is 6.07. The summed E-state index contributed by atoms with van der Waals surface area (Å²) in [4.78, 5) is 15.8. The molecule has 25 heavy (non-hydrogen) atoms. The van der Waals surface area contributed by atoms with Gasteiger partial charge in [0, 0.05) is 21.4 Å². The van der Waals surface area contributed by atoms with Crippen molar-refractivity contribution in [1.82, 2.24) is 9.38 Å². The predicted octanol–water partition coefficient (Wildman–Crippen LogP) is 5.25. The van der Waals surface area contributed by atoms with Crippen LogP contribution in [0.3, 0.4) is 0 Å². The molecule has 3 aromatic carbocycles. The fourth-order valence-corrected chi connectivity index (χ4v) is 3.71. The Bertz CT molecular complexity index is 1310. The molecule has 0 saturated carbocycles. The van der Waals surface area contributed by atoms with Crippen molar-refractivity contribution < 1.29 is 0 Å². The Labute approximate surface area is 148 Å². The van der Waals surface area contributed by atoms with Gasteiger partial charge >= 0.3 is 5.69 Å². The zero-order valence-corrected chi connectivity index (χ0v) is 13.9. The monoisotopic (exact) mass is 344 g/mol. The van der Waals surface area contributed by atoms with Gasteiger partial charge in [0.15, 0.2) is 0 Å². The first-order valence-electron chi connectivity index (χ1n) is 8.04. The SMILES string of the molecule is O=c1[nH]c2ccccc2c2c(-c3ccc(Cl)cc3)c3ccccc3n12. The molecule has 0 fully saturated rings. The minimum atomic E-state index is -0.134. The largest absolute Gasteiger partial charge is 0.331 e. The van der Waals surface area contributed by atoms with E-state index in [4.69, 9.17) is 11.6 Å². The van der Waals surface area contributed by atoms with Crippen LogP contribution in [0.4, 0.5) is 0 Å². The van der Waals surface area contributed by atoms with Crippen LogP contribution in [0, 0.1) is 0 Å². The molecule has 0 radical (unpaired) electrons. The van der Waals surface area contributed by atoms with E-state index in [-0.39, 0.29) is 5.69 Å². The molecule has 0 amide bonds. The highest BCUT2D eigenvalue weighted by Gasteiger charge is 2.17. The van der Waals surface area contributed by atoms with Gasteiger partial charge in [0.25, 0.3) is 0 Å². The molecule has 0 unspecified atom stereocenters. The Kier molecular flexibility index (Phi) is 2.99. The molecule has 3 nitrogen and oxygen atoms in total. The predicted molar refractivity (Wildman–Crippen MR) is 103 cm³/mol. The normalized spacial score (nSPS) is 11.6. The van der Waals surface area contributed by atoms with E-state index in [2.05, 4.69) is 11.1 Å². The van der Waals surface area contributed by atoms with E-state index in [1.807, 2.05) is 66.7 Å². The number of benzene rings is 3. The standard InChI is InChI=1S/C21H13ClN2O/c22-14-11-9-13(10-12-14)19-16-6-2-4-8-18(16)24-20(19)15-5-1-3-7-17(15)23-21(24)25/h1-12H,(H,23,25). The van der Waals surface area contributed by atoms with Gasteiger partial charge in [0.05, 0.1) is 16.6 Å². The lowest BCUT2D eigenvalue weighted by molar-refractivity contribution is 1.07. The molecular formula is C21H13ClN2O. The fraction of sp³-hybridized carbons (Fsp3) is 0. The van der Waals surface area contributed by atoms with E-state index in [9.17, 15) is 4.79 Å². The second kappa shape index (κ2) is 5.23. The highest BCUT2D eigenvalue weighted by Crippen LogP contribution is 2.37. The molecular weight excluding hydrogens is 332 g/mol. The van der Waals surface area contributed by atoms with E-state index in [0.29, 0.717) is 5.02 Å². The molecule has 0 bridgehead atoms. The third-order valence-electron chi connectivity index (χ3n) is 4.63. The van der Waals surface area contributed by atoms with Gasteiger partial charge in [0.2, 0.25) is 0 Å². The summed E-state index contributed by atoms with van der Waals surface area (Å²) in [5.74, 6) is 0. The van der Waals surface area contributed by atoms with Crippen LogP contribution in [0.5, 0.6) is 0 Å². The number of hydrogen-bond donors (Lipinski definition) is 1. The Hall–Kier alpha value is -3.04. The first-order chi connectivity index (χ1) is 12.2. The Balaban J connectivity index is 2.11. The smallest absolute Gasteiger partial charge is 0.307 e. The maximum atomic E-state index is 12.8. The van der Waals surface area contributed by atoms with Gasteiger partial charge in [-0.3, -0.25) is 4.40 Å². The first kappa shape index (κ1) is 14.3. The van der Waals surface area contributed by atoms with Crippen LogP contribution in [-0.2, 0) is 0 Å². The van der Waals surface area contributed by atoms with Crippen molar-refractivity contribution in [3.05, 3.63) is 88.3 Å². The maximum Gasteiger partial charge on any atom is 0.331 e. The number of para-hydroxylation sites is 2. The van der Waals surface area contributed by atoms with Crippen molar-refractivity contribution in [3.63, 3.8) is 0 Å². The quantitative estimate of drug-likeness (QED) is 0.443. The van der Waals surface area contributed by atoms with Gasteiger partial charge in [0.1, 0.15) is 0 Å². The Morgan fingerprint density at radius 2 is 1.48 bits per heavy atom. The van der Waals surface area contributed by atoms with E-state index in [1.165, 1.54) is 0 Å². The van der Waals surface area contributed by atoms with Gasteiger partial charge < -0.3 is 4.98 Å². The number of nitrogens with one attached hydrogen (secondary N) is 1. The van der Waals surface area contributed by atoms with Crippen LogP contribution in [0.15, 0.2) is 77.6 Å². The number of aromatic amines is 1. The number of nitrogens with zero attached hydrogens (tertiary/aromatic N) is 1. The molecule has 2 heterocycles. The Morgan fingerprint density at radius 3 is 2.28 bits per heavy atom. The number of halogens is 1. The number of fused-ring (bicyclic) bond motifs is 5. The van der Waals surface area contributed by atoms with Crippen molar-refractivity contribution in [1.29, 1.82) is 0 Å². The zero-order chi connectivity index (χ0) is 17.0. The molecule has 2 aromatic heterocycles. The molecule has 0 saturated heterocycles. The van der Waals surface area contributed by atoms with E-state index in [1.54, 1.807) is 4.40 Å². The highest BCUT2D eigenvalue weighted by atomic mass is 35.5. The van der Waals surface area contributed by atoms with Crippen LogP contribution in [0.25, 0.3) is 38.4 Å².